The maximum absolute atomic E-state index is 13.8. The highest BCUT2D eigenvalue weighted by atomic mass is 32.2. The van der Waals surface area contributed by atoms with Gasteiger partial charge in [0, 0.05) is 34.3 Å². The van der Waals surface area contributed by atoms with Crippen LogP contribution in [0.2, 0.25) is 0 Å². The molecule has 0 atom stereocenters. The van der Waals surface area contributed by atoms with Gasteiger partial charge in [0.25, 0.3) is 11.2 Å². The van der Waals surface area contributed by atoms with E-state index >= 15 is 0 Å². The molecule has 1 N–H and O–H groups in total. The summed E-state index contributed by atoms with van der Waals surface area (Å²) in [6.07, 6.45) is 6.10. The van der Waals surface area contributed by atoms with E-state index in [-0.39, 0.29) is 11.2 Å². The summed E-state index contributed by atoms with van der Waals surface area (Å²) in [5.74, 6) is 0.577. The number of nitrogens with one attached hydrogen (secondary N) is 1. The Morgan fingerprint density at radius 3 is 2.79 bits per heavy atom. The average Bonchev–Trinajstić information content (AvgIpc) is 3.44. The zero-order valence-electron chi connectivity index (χ0n) is 18.1. The van der Waals surface area contributed by atoms with Crippen molar-refractivity contribution in [3.63, 3.8) is 0 Å². The number of thioether (sulfide) groups is 1. The van der Waals surface area contributed by atoms with E-state index in [0.717, 1.165) is 58.1 Å². The molecule has 1 aliphatic rings. The van der Waals surface area contributed by atoms with Crippen LogP contribution < -0.4 is 5.56 Å². The van der Waals surface area contributed by atoms with Crippen molar-refractivity contribution in [2.24, 2.45) is 0 Å². The Kier molecular flexibility index (Phi) is 5.23. The quantitative estimate of drug-likeness (QED) is 0.142. The van der Waals surface area contributed by atoms with E-state index in [4.69, 9.17) is 4.98 Å². The van der Waals surface area contributed by atoms with Crippen LogP contribution in [0.5, 0.6) is 0 Å². The second-order valence-electron chi connectivity index (χ2n) is 8.35. The van der Waals surface area contributed by atoms with Crippen LogP contribution in [0.15, 0.2) is 64.7 Å². The van der Waals surface area contributed by atoms with E-state index in [1.165, 1.54) is 28.3 Å². The maximum Gasteiger partial charge on any atom is 0.271 e. The largest absolute Gasteiger partial charge is 0.361 e. The fourth-order valence-electron chi connectivity index (χ4n) is 4.64. The second kappa shape index (κ2) is 8.41. The number of benzene rings is 2. The fourth-order valence-corrected chi connectivity index (χ4v) is 6.94. The number of aryl methyl sites for hydroxylation is 2. The van der Waals surface area contributed by atoms with Gasteiger partial charge in [-0.25, -0.2) is 4.98 Å². The molecule has 3 aromatic heterocycles. The number of aromatic amines is 1. The molecule has 0 saturated carbocycles. The fraction of sp³-hybridized carbons (Fsp3) is 0.200. The molecule has 1 aliphatic carbocycles. The predicted molar refractivity (Wildman–Crippen MR) is 136 cm³/mol. The standard InChI is InChI=1S/C25H20N4O3S2/c30-24-22-19-8-4-5-9-21(19)34-23(22)27-25(28(24)16-6-2-1-3-7-16)33-14-15-13-26-20-12-17(29(31)32)10-11-18(15)20/h1-3,6-7,10-13,26H,4-5,8-9,14H2. The van der Waals surface area contributed by atoms with Gasteiger partial charge >= 0.3 is 0 Å². The number of thiophene rings is 1. The van der Waals surface area contributed by atoms with Crippen molar-refractivity contribution in [2.75, 3.05) is 0 Å². The third-order valence-corrected chi connectivity index (χ3v) is 8.46. The lowest BCUT2D eigenvalue weighted by atomic mass is 9.97. The molecule has 34 heavy (non-hydrogen) atoms. The average molecular weight is 489 g/mol. The lowest BCUT2D eigenvalue weighted by Crippen LogP contribution is -2.22. The van der Waals surface area contributed by atoms with Crippen LogP contribution in [0.3, 0.4) is 0 Å². The Balaban J connectivity index is 1.44. The summed E-state index contributed by atoms with van der Waals surface area (Å²) in [5.41, 5.74) is 3.76. The van der Waals surface area contributed by atoms with Gasteiger partial charge in [-0.2, -0.15) is 0 Å². The zero-order chi connectivity index (χ0) is 23.2. The Hall–Kier alpha value is -3.43. The lowest BCUT2D eigenvalue weighted by molar-refractivity contribution is -0.384. The third kappa shape index (κ3) is 3.52. The number of nitro benzene ring substituents is 1. The summed E-state index contributed by atoms with van der Waals surface area (Å²) in [6, 6.07) is 14.5. The molecule has 0 fully saturated rings. The molecule has 170 valence electrons. The van der Waals surface area contributed by atoms with Crippen molar-refractivity contribution >= 4 is 49.9 Å². The van der Waals surface area contributed by atoms with Crippen molar-refractivity contribution < 1.29 is 4.92 Å². The number of aromatic nitrogens is 3. The summed E-state index contributed by atoms with van der Waals surface area (Å²) in [5, 5.41) is 13.4. The second-order valence-corrected chi connectivity index (χ2v) is 10.4. The normalized spacial score (nSPS) is 13.4. The molecule has 0 unspecified atom stereocenters. The lowest BCUT2D eigenvalue weighted by Gasteiger charge is -2.13. The number of H-pyrrole nitrogens is 1. The molecular weight excluding hydrogens is 468 g/mol. The van der Waals surface area contributed by atoms with E-state index in [1.807, 2.05) is 36.5 Å². The first kappa shape index (κ1) is 21.1. The highest BCUT2D eigenvalue weighted by Gasteiger charge is 2.23. The van der Waals surface area contributed by atoms with Gasteiger partial charge in [-0.1, -0.05) is 30.0 Å². The van der Waals surface area contributed by atoms with Crippen molar-refractivity contribution in [1.29, 1.82) is 0 Å². The number of nitrogens with zero attached hydrogens (tertiary/aromatic N) is 3. The van der Waals surface area contributed by atoms with Gasteiger partial charge in [0.2, 0.25) is 0 Å². The summed E-state index contributed by atoms with van der Waals surface area (Å²) < 4.78 is 1.73. The first-order valence-corrected chi connectivity index (χ1v) is 12.9. The van der Waals surface area contributed by atoms with Gasteiger partial charge < -0.3 is 4.98 Å². The van der Waals surface area contributed by atoms with E-state index in [1.54, 1.807) is 28.0 Å². The third-order valence-electron chi connectivity index (χ3n) is 6.29. The number of nitro groups is 1. The smallest absolute Gasteiger partial charge is 0.271 e. The minimum atomic E-state index is -0.396. The molecule has 5 aromatic rings. The van der Waals surface area contributed by atoms with Crippen LogP contribution in [0.1, 0.15) is 28.8 Å². The molecule has 9 heteroatoms. The summed E-state index contributed by atoms with van der Waals surface area (Å²) in [7, 11) is 0. The first-order chi connectivity index (χ1) is 16.6. The summed E-state index contributed by atoms with van der Waals surface area (Å²) in [4.78, 5) is 34.7. The van der Waals surface area contributed by atoms with Crippen LogP contribution in [0.25, 0.3) is 26.8 Å². The zero-order valence-corrected chi connectivity index (χ0v) is 19.7. The molecule has 0 bridgehead atoms. The monoisotopic (exact) mass is 488 g/mol. The molecular formula is C25H20N4O3S2. The Morgan fingerprint density at radius 1 is 1.15 bits per heavy atom. The number of fused-ring (bicyclic) bond motifs is 4. The molecule has 0 spiro atoms. The van der Waals surface area contributed by atoms with E-state index in [2.05, 4.69) is 4.98 Å². The molecule has 0 amide bonds. The molecule has 6 rings (SSSR count). The van der Waals surface area contributed by atoms with Crippen molar-refractivity contribution in [3.05, 3.63) is 91.2 Å². The number of hydrogen-bond donors (Lipinski definition) is 1. The van der Waals surface area contributed by atoms with Gasteiger partial charge in [-0.3, -0.25) is 19.5 Å². The molecule has 0 aliphatic heterocycles. The highest BCUT2D eigenvalue weighted by molar-refractivity contribution is 7.98. The van der Waals surface area contributed by atoms with Crippen LogP contribution in [-0.4, -0.2) is 19.5 Å². The molecule has 2 aromatic carbocycles. The van der Waals surface area contributed by atoms with Crippen molar-refractivity contribution in [2.45, 2.75) is 36.6 Å². The van der Waals surface area contributed by atoms with Gasteiger partial charge in [0.1, 0.15) is 4.83 Å². The number of para-hydroxylation sites is 1. The van der Waals surface area contributed by atoms with Crippen LogP contribution >= 0.6 is 23.1 Å². The van der Waals surface area contributed by atoms with Crippen molar-refractivity contribution in [1.82, 2.24) is 14.5 Å². The van der Waals surface area contributed by atoms with E-state index in [9.17, 15) is 14.9 Å². The molecule has 7 nitrogen and oxygen atoms in total. The van der Waals surface area contributed by atoms with Gasteiger partial charge in [0.05, 0.1) is 21.5 Å². The SMILES string of the molecule is O=c1c2c3c(sc2nc(SCc2c[nH]c4cc([N+](=O)[O-])ccc24)n1-c1ccccc1)CCCC3. The van der Waals surface area contributed by atoms with Crippen molar-refractivity contribution in [3.8, 4) is 5.69 Å². The van der Waals surface area contributed by atoms with Crippen LogP contribution in [0, 0.1) is 10.1 Å². The number of hydrogen-bond acceptors (Lipinski definition) is 6. The van der Waals surface area contributed by atoms with E-state index < -0.39 is 4.92 Å². The Labute approximate surface area is 202 Å². The number of non-ortho nitro benzene ring substituents is 1. The maximum atomic E-state index is 13.8. The predicted octanol–water partition coefficient (Wildman–Crippen LogP) is 6.01. The molecule has 0 saturated heterocycles. The molecule has 0 radical (unpaired) electrons. The van der Waals surface area contributed by atoms with Crippen LogP contribution in [-0.2, 0) is 18.6 Å². The Morgan fingerprint density at radius 2 is 1.97 bits per heavy atom. The minimum Gasteiger partial charge on any atom is -0.361 e. The van der Waals surface area contributed by atoms with Gasteiger partial charge in [0.15, 0.2) is 5.16 Å². The Bertz CT molecular complexity index is 1620. The first-order valence-electron chi connectivity index (χ1n) is 11.1. The van der Waals surface area contributed by atoms with Crippen LogP contribution in [0.4, 0.5) is 5.69 Å². The minimum absolute atomic E-state index is 0.00680. The topological polar surface area (TPSA) is 93.8 Å². The summed E-state index contributed by atoms with van der Waals surface area (Å²) in [6.45, 7) is 0. The summed E-state index contributed by atoms with van der Waals surface area (Å²) >= 11 is 3.16. The van der Waals surface area contributed by atoms with Gasteiger partial charge in [-0.15, -0.1) is 11.3 Å². The highest BCUT2D eigenvalue weighted by Crippen LogP contribution is 2.36. The van der Waals surface area contributed by atoms with Gasteiger partial charge in [-0.05, 0) is 55.0 Å². The van der Waals surface area contributed by atoms with E-state index in [0.29, 0.717) is 10.9 Å². The molecule has 3 heterocycles. The number of rotatable bonds is 5.